The number of hydrogen-bond donors (Lipinski definition) is 0. The molecule has 0 N–H and O–H groups in total. The zero-order valence-corrected chi connectivity index (χ0v) is 12.1. The van der Waals surface area contributed by atoms with Crippen LogP contribution < -0.4 is 4.74 Å². The number of rotatable bonds is 4. The van der Waals surface area contributed by atoms with E-state index < -0.39 is 0 Å². The highest BCUT2D eigenvalue weighted by Gasteiger charge is 2.21. The minimum atomic E-state index is -0.162. The Morgan fingerprint density at radius 2 is 2.00 bits per heavy atom. The second kappa shape index (κ2) is 5.77. The molecule has 1 unspecified atom stereocenters. The van der Waals surface area contributed by atoms with Gasteiger partial charge in [0, 0.05) is 13.1 Å². The summed E-state index contributed by atoms with van der Waals surface area (Å²) in [4.78, 5) is 13.9. The molecule has 0 aliphatic rings. The number of carbonyl (C=O) groups excluding carboxylic acids is 1. The van der Waals surface area contributed by atoms with Gasteiger partial charge in [-0.2, -0.15) is 0 Å². The lowest BCUT2D eigenvalue weighted by Crippen LogP contribution is -2.29. The molecule has 1 atom stereocenters. The normalized spacial score (nSPS) is 12.0. The van der Waals surface area contributed by atoms with Gasteiger partial charge in [-0.05, 0) is 31.5 Å². The van der Waals surface area contributed by atoms with E-state index in [1.54, 1.807) is 32.0 Å². The van der Waals surface area contributed by atoms with Crippen molar-refractivity contribution < 1.29 is 14.1 Å². The predicted octanol–water partition coefficient (Wildman–Crippen LogP) is 2.82. The first-order valence-corrected chi connectivity index (χ1v) is 6.37. The molecule has 0 aliphatic carbocycles. The summed E-state index contributed by atoms with van der Waals surface area (Å²) in [6.45, 7) is 3.73. The van der Waals surface area contributed by atoms with Crippen LogP contribution in [0.2, 0.25) is 0 Å². The van der Waals surface area contributed by atoms with Gasteiger partial charge in [0.05, 0.1) is 13.2 Å². The number of methoxy groups -OCH3 is 1. The van der Waals surface area contributed by atoms with E-state index >= 15 is 0 Å². The van der Waals surface area contributed by atoms with Crippen LogP contribution in [0.5, 0.6) is 5.75 Å². The molecule has 0 fully saturated rings. The summed E-state index contributed by atoms with van der Waals surface area (Å²) in [6.07, 6.45) is 0. The third kappa shape index (κ3) is 2.82. The molecule has 1 heterocycles. The van der Waals surface area contributed by atoms with E-state index in [1.165, 1.54) is 0 Å². The van der Waals surface area contributed by atoms with Crippen molar-refractivity contribution >= 4 is 5.91 Å². The van der Waals surface area contributed by atoms with Gasteiger partial charge >= 0.3 is 0 Å². The molecular formula is C15H18N2O3. The maximum Gasteiger partial charge on any atom is 0.276 e. The average molecular weight is 274 g/mol. The molecule has 0 spiro atoms. The van der Waals surface area contributed by atoms with Crippen molar-refractivity contribution in [3.05, 3.63) is 47.3 Å². The van der Waals surface area contributed by atoms with Crippen LogP contribution in [-0.2, 0) is 0 Å². The van der Waals surface area contributed by atoms with Crippen molar-refractivity contribution in [3.63, 3.8) is 0 Å². The maximum atomic E-state index is 12.3. The first kappa shape index (κ1) is 14.1. The molecule has 0 bridgehead atoms. The summed E-state index contributed by atoms with van der Waals surface area (Å²) in [5.74, 6) is 1.26. The van der Waals surface area contributed by atoms with E-state index in [-0.39, 0.29) is 11.9 Å². The summed E-state index contributed by atoms with van der Waals surface area (Å²) >= 11 is 0. The summed E-state index contributed by atoms with van der Waals surface area (Å²) in [5, 5.41) is 3.75. The molecule has 20 heavy (non-hydrogen) atoms. The van der Waals surface area contributed by atoms with Crippen molar-refractivity contribution in [1.29, 1.82) is 0 Å². The highest BCUT2D eigenvalue weighted by Crippen LogP contribution is 2.23. The maximum absolute atomic E-state index is 12.3. The lowest BCUT2D eigenvalue weighted by Gasteiger charge is -2.24. The van der Waals surface area contributed by atoms with Crippen LogP contribution in [0.25, 0.3) is 0 Å². The highest BCUT2D eigenvalue weighted by atomic mass is 16.5. The van der Waals surface area contributed by atoms with Gasteiger partial charge in [0.2, 0.25) is 0 Å². The molecule has 0 radical (unpaired) electrons. The molecule has 5 nitrogen and oxygen atoms in total. The van der Waals surface area contributed by atoms with Gasteiger partial charge in [0.15, 0.2) is 5.69 Å². The van der Waals surface area contributed by atoms with Gasteiger partial charge in [-0.15, -0.1) is 0 Å². The van der Waals surface area contributed by atoms with Gasteiger partial charge in [-0.1, -0.05) is 17.3 Å². The molecule has 0 saturated heterocycles. The third-order valence-corrected chi connectivity index (χ3v) is 3.35. The number of nitrogens with zero attached hydrogens (tertiary/aromatic N) is 2. The smallest absolute Gasteiger partial charge is 0.276 e. The van der Waals surface area contributed by atoms with Crippen LogP contribution in [-0.4, -0.2) is 30.1 Å². The van der Waals surface area contributed by atoms with Crippen LogP contribution in [0, 0.1) is 6.92 Å². The number of carbonyl (C=O) groups is 1. The van der Waals surface area contributed by atoms with Crippen molar-refractivity contribution in [2.45, 2.75) is 19.9 Å². The van der Waals surface area contributed by atoms with E-state index in [0.29, 0.717) is 11.5 Å². The monoisotopic (exact) mass is 274 g/mol. The molecule has 0 saturated carbocycles. The number of ether oxygens (including phenoxy) is 1. The molecule has 5 heteroatoms. The zero-order valence-electron chi connectivity index (χ0n) is 12.1. The van der Waals surface area contributed by atoms with Gasteiger partial charge < -0.3 is 14.2 Å². The number of aryl methyl sites for hydroxylation is 1. The Hall–Kier alpha value is -2.30. The largest absolute Gasteiger partial charge is 0.497 e. The fraction of sp³-hybridized carbons (Fsp3) is 0.333. The van der Waals surface area contributed by atoms with Crippen molar-refractivity contribution in [2.75, 3.05) is 14.2 Å². The number of aromatic nitrogens is 1. The van der Waals surface area contributed by atoms with Crippen molar-refractivity contribution in [1.82, 2.24) is 10.1 Å². The Kier molecular flexibility index (Phi) is 4.08. The van der Waals surface area contributed by atoms with Crippen LogP contribution in [0.1, 0.15) is 34.8 Å². The van der Waals surface area contributed by atoms with Crippen LogP contribution in [0.4, 0.5) is 0 Å². The lowest BCUT2D eigenvalue weighted by atomic mass is 10.1. The minimum absolute atomic E-state index is 0.0644. The standard InChI is InChI=1S/C15H18N2O3/c1-10-9-14(16-20-10)15(18)17(3)11(2)12-5-7-13(19-4)8-6-12/h5-9,11H,1-4H3. The first-order valence-electron chi connectivity index (χ1n) is 6.37. The van der Waals surface area contributed by atoms with Gasteiger partial charge in [0.1, 0.15) is 11.5 Å². The highest BCUT2D eigenvalue weighted by molar-refractivity contribution is 5.92. The summed E-state index contributed by atoms with van der Waals surface area (Å²) in [6, 6.07) is 9.22. The quantitative estimate of drug-likeness (QED) is 0.860. The van der Waals surface area contributed by atoms with E-state index in [1.807, 2.05) is 31.2 Å². The Bertz CT molecular complexity index is 589. The number of benzene rings is 1. The zero-order chi connectivity index (χ0) is 14.7. The first-order chi connectivity index (χ1) is 9.52. The summed E-state index contributed by atoms with van der Waals surface area (Å²) < 4.78 is 10.1. The van der Waals surface area contributed by atoms with Gasteiger partial charge in [0.25, 0.3) is 5.91 Å². The SMILES string of the molecule is COc1ccc(C(C)N(C)C(=O)c2cc(C)on2)cc1. The van der Waals surface area contributed by atoms with E-state index in [2.05, 4.69) is 5.16 Å². The fourth-order valence-electron chi connectivity index (χ4n) is 1.93. The molecule has 2 aromatic rings. The van der Waals surface area contributed by atoms with E-state index in [0.717, 1.165) is 11.3 Å². The minimum Gasteiger partial charge on any atom is -0.497 e. The molecule has 106 valence electrons. The predicted molar refractivity (Wildman–Crippen MR) is 74.7 cm³/mol. The van der Waals surface area contributed by atoms with Crippen molar-refractivity contribution in [2.24, 2.45) is 0 Å². The second-order valence-corrected chi connectivity index (χ2v) is 4.69. The topological polar surface area (TPSA) is 55.6 Å². The average Bonchev–Trinajstić information content (AvgIpc) is 2.91. The molecule has 0 aliphatic heterocycles. The Morgan fingerprint density at radius 1 is 1.35 bits per heavy atom. The molecule has 1 aromatic carbocycles. The lowest BCUT2D eigenvalue weighted by molar-refractivity contribution is 0.0732. The van der Waals surface area contributed by atoms with Crippen LogP contribution in [0.15, 0.2) is 34.9 Å². The third-order valence-electron chi connectivity index (χ3n) is 3.35. The Morgan fingerprint density at radius 3 is 2.50 bits per heavy atom. The molecule has 1 aromatic heterocycles. The van der Waals surface area contributed by atoms with Crippen molar-refractivity contribution in [3.8, 4) is 5.75 Å². The molecular weight excluding hydrogens is 256 g/mol. The Balaban J connectivity index is 2.14. The molecule has 2 rings (SSSR count). The second-order valence-electron chi connectivity index (χ2n) is 4.69. The van der Waals surface area contributed by atoms with Crippen LogP contribution >= 0.6 is 0 Å². The number of amides is 1. The summed E-state index contributed by atoms with van der Waals surface area (Å²) in [5.41, 5.74) is 1.35. The molecule has 1 amide bonds. The van der Waals surface area contributed by atoms with E-state index in [4.69, 9.17) is 9.26 Å². The Labute approximate surface area is 118 Å². The van der Waals surface area contributed by atoms with Crippen LogP contribution in [0.3, 0.4) is 0 Å². The van der Waals surface area contributed by atoms with Gasteiger partial charge in [-0.25, -0.2) is 0 Å². The number of hydrogen-bond acceptors (Lipinski definition) is 4. The van der Waals surface area contributed by atoms with Gasteiger partial charge in [-0.3, -0.25) is 4.79 Å². The fourth-order valence-corrected chi connectivity index (χ4v) is 1.93. The van der Waals surface area contributed by atoms with E-state index in [9.17, 15) is 4.79 Å². The summed E-state index contributed by atoms with van der Waals surface area (Å²) in [7, 11) is 3.38.